The quantitative estimate of drug-likeness (QED) is 0.551. The normalized spacial score (nSPS) is 16.0. The van der Waals surface area contributed by atoms with E-state index in [9.17, 15) is 32.7 Å². The van der Waals surface area contributed by atoms with Crippen molar-refractivity contribution in [2.24, 2.45) is 0 Å². The molecule has 1 aromatic carbocycles. The smallest absolute Gasteiger partial charge is 0.433 e. The van der Waals surface area contributed by atoms with E-state index < -0.39 is 42.3 Å². The van der Waals surface area contributed by atoms with Gasteiger partial charge in [-0.15, -0.1) is 0 Å². The lowest BCUT2D eigenvalue weighted by atomic mass is 10.1. The Balaban J connectivity index is 1.81. The molecule has 32 heavy (non-hydrogen) atoms. The van der Waals surface area contributed by atoms with Crippen LogP contribution in [0.4, 0.5) is 23.8 Å². The molecular weight excluding hydrogens is 433 g/mol. The second-order valence-corrected chi connectivity index (χ2v) is 7.13. The summed E-state index contributed by atoms with van der Waals surface area (Å²) in [7, 11) is 0. The number of nitrogens with one attached hydrogen (secondary N) is 2. The third kappa shape index (κ3) is 5.72. The summed E-state index contributed by atoms with van der Waals surface area (Å²) >= 11 is 0. The Kier molecular flexibility index (Phi) is 6.63. The van der Waals surface area contributed by atoms with Crippen LogP contribution in [-0.4, -0.2) is 57.2 Å². The van der Waals surface area contributed by atoms with Crippen LogP contribution in [-0.2, 0) is 12.7 Å². The molecule has 2 heterocycles. The Morgan fingerprint density at radius 3 is 2.50 bits per heavy atom. The van der Waals surface area contributed by atoms with Crippen LogP contribution >= 0.6 is 0 Å². The number of alkyl halides is 3. The predicted octanol–water partition coefficient (Wildman–Crippen LogP) is 2.33. The Labute approximate surface area is 179 Å². The van der Waals surface area contributed by atoms with Crippen LogP contribution < -0.4 is 10.6 Å². The molecule has 1 atom stereocenters. The number of carbonyl (C=O) groups excluding carboxylic acids is 2. The fourth-order valence-corrected chi connectivity index (χ4v) is 3.17. The van der Waals surface area contributed by atoms with Crippen molar-refractivity contribution in [3.63, 3.8) is 0 Å². The number of hydrogen-bond donors (Lipinski definition) is 4. The number of aromatic nitrogens is 1. The Bertz CT molecular complexity index is 1040. The molecule has 12 heteroatoms. The molecule has 170 valence electrons. The molecular formula is C20H19F3N4O5. The summed E-state index contributed by atoms with van der Waals surface area (Å²) in [6.07, 6.45) is -6.40. The number of likely N-dealkylation sites (tertiary alicyclic amines) is 1. The predicted molar refractivity (Wildman–Crippen MR) is 105 cm³/mol. The van der Waals surface area contributed by atoms with E-state index in [1.165, 1.54) is 29.2 Å². The number of rotatable bonds is 5. The number of pyridine rings is 1. The highest BCUT2D eigenvalue weighted by Gasteiger charge is 2.33. The molecule has 1 aliphatic rings. The highest BCUT2D eigenvalue weighted by atomic mass is 19.4. The molecule has 3 amide bonds. The second-order valence-electron chi connectivity index (χ2n) is 7.13. The number of benzene rings is 1. The summed E-state index contributed by atoms with van der Waals surface area (Å²) in [6, 6.07) is 7.41. The van der Waals surface area contributed by atoms with Crippen LogP contribution in [0.3, 0.4) is 0 Å². The zero-order valence-electron chi connectivity index (χ0n) is 16.5. The molecule has 2 aromatic rings. The van der Waals surface area contributed by atoms with E-state index in [1.54, 1.807) is 0 Å². The van der Waals surface area contributed by atoms with Gasteiger partial charge in [0.25, 0.3) is 11.8 Å². The number of aliphatic hydroxyl groups is 1. The lowest BCUT2D eigenvalue weighted by molar-refractivity contribution is -0.141. The Morgan fingerprint density at radius 1 is 1.16 bits per heavy atom. The van der Waals surface area contributed by atoms with Gasteiger partial charge in [-0.05, 0) is 42.3 Å². The number of amides is 3. The maximum absolute atomic E-state index is 13.2. The lowest BCUT2D eigenvalue weighted by Crippen LogP contribution is -2.29. The number of hydrogen-bond acceptors (Lipinski definition) is 5. The van der Waals surface area contributed by atoms with Crippen molar-refractivity contribution >= 4 is 23.7 Å². The zero-order valence-corrected chi connectivity index (χ0v) is 16.5. The highest BCUT2D eigenvalue weighted by Crippen LogP contribution is 2.29. The van der Waals surface area contributed by atoms with Crippen molar-refractivity contribution in [2.75, 3.05) is 18.4 Å². The van der Waals surface area contributed by atoms with E-state index in [4.69, 9.17) is 5.11 Å². The monoisotopic (exact) mass is 452 g/mol. The summed E-state index contributed by atoms with van der Waals surface area (Å²) in [6.45, 7) is 0.129. The molecule has 9 nitrogen and oxygen atoms in total. The molecule has 3 rings (SSSR count). The summed E-state index contributed by atoms with van der Waals surface area (Å²) in [4.78, 5) is 40.6. The third-order valence-electron chi connectivity index (χ3n) is 4.68. The van der Waals surface area contributed by atoms with Crippen LogP contribution in [0.15, 0.2) is 36.4 Å². The van der Waals surface area contributed by atoms with Crippen molar-refractivity contribution in [1.29, 1.82) is 0 Å². The van der Waals surface area contributed by atoms with Gasteiger partial charge in [0.15, 0.2) is 0 Å². The molecule has 1 fully saturated rings. The molecule has 1 saturated heterocycles. The van der Waals surface area contributed by atoms with Gasteiger partial charge in [0.2, 0.25) is 0 Å². The first kappa shape index (κ1) is 23.0. The van der Waals surface area contributed by atoms with Crippen LogP contribution in [0.2, 0.25) is 0 Å². The Morgan fingerprint density at radius 2 is 1.88 bits per heavy atom. The average molecular weight is 452 g/mol. The summed E-state index contributed by atoms with van der Waals surface area (Å²) in [5, 5.41) is 22.5. The first-order valence-corrected chi connectivity index (χ1v) is 9.46. The maximum Gasteiger partial charge on any atom is 0.433 e. The molecule has 0 radical (unpaired) electrons. The molecule has 1 aromatic heterocycles. The number of aliphatic hydroxyl groups excluding tert-OH is 1. The van der Waals surface area contributed by atoms with E-state index >= 15 is 0 Å². The van der Waals surface area contributed by atoms with E-state index in [2.05, 4.69) is 10.3 Å². The van der Waals surface area contributed by atoms with Gasteiger partial charge in [0.05, 0.1) is 6.10 Å². The molecule has 0 saturated carbocycles. The third-order valence-corrected chi connectivity index (χ3v) is 4.68. The average Bonchev–Trinajstić information content (AvgIpc) is 3.17. The van der Waals surface area contributed by atoms with E-state index in [1.807, 2.05) is 5.32 Å². The largest absolute Gasteiger partial charge is 0.465 e. The maximum atomic E-state index is 13.2. The van der Waals surface area contributed by atoms with Crippen LogP contribution in [0.1, 0.15) is 38.4 Å². The highest BCUT2D eigenvalue weighted by molar-refractivity contribution is 6.05. The van der Waals surface area contributed by atoms with Crippen LogP contribution in [0.25, 0.3) is 0 Å². The number of carbonyl (C=O) groups is 3. The van der Waals surface area contributed by atoms with Crippen LogP contribution in [0, 0.1) is 0 Å². The van der Waals surface area contributed by atoms with Crippen molar-refractivity contribution in [3.05, 3.63) is 58.8 Å². The summed E-state index contributed by atoms with van der Waals surface area (Å²) in [5.41, 5.74) is -1.15. The zero-order chi connectivity index (χ0) is 23.5. The minimum Gasteiger partial charge on any atom is -0.465 e. The number of β-amino-alcohol motifs (C(OH)–C–C–N with tert-alkyl or cyclic N) is 1. The standard InChI is InChI=1S/C20H19F3N4O5/c21-20(22,23)15-6-11(9-24-19(31)32)7-16(25-15)26-17(29)12-2-1-3-13(8-12)18(30)27-5-4-14(28)10-27/h1-3,6-8,14,24,28H,4-5,9-10H2,(H,31,32)(H,25,26,29). The Hall–Kier alpha value is -3.67. The van der Waals surface area contributed by atoms with Gasteiger partial charge >= 0.3 is 12.3 Å². The molecule has 4 N–H and O–H groups in total. The van der Waals surface area contributed by atoms with Crippen molar-refractivity contribution in [2.45, 2.75) is 25.2 Å². The summed E-state index contributed by atoms with van der Waals surface area (Å²) < 4.78 is 39.5. The number of nitrogens with zero attached hydrogens (tertiary/aromatic N) is 2. The summed E-state index contributed by atoms with van der Waals surface area (Å²) in [5.74, 6) is -1.60. The number of halogens is 3. The molecule has 0 bridgehead atoms. The van der Waals surface area contributed by atoms with E-state index in [0.29, 0.717) is 19.0 Å². The van der Waals surface area contributed by atoms with Gasteiger partial charge in [-0.2, -0.15) is 13.2 Å². The van der Waals surface area contributed by atoms with Gasteiger partial charge in [-0.1, -0.05) is 6.07 Å². The SMILES string of the molecule is O=C(O)NCc1cc(NC(=O)c2cccc(C(=O)N3CCC(O)C3)c2)nc(C(F)(F)F)c1. The molecule has 0 aliphatic carbocycles. The topological polar surface area (TPSA) is 132 Å². The van der Waals surface area contributed by atoms with Gasteiger partial charge < -0.3 is 25.7 Å². The van der Waals surface area contributed by atoms with Gasteiger partial charge in [0, 0.05) is 30.8 Å². The molecule has 1 aliphatic heterocycles. The number of anilines is 1. The molecule has 0 spiro atoms. The van der Waals surface area contributed by atoms with E-state index in [0.717, 1.165) is 6.07 Å². The van der Waals surface area contributed by atoms with Crippen molar-refractivity contribution < 1.29 is 37.8 Å². The van der Waals surface area contributed by atoms with Gasteiger partial charge in [-0.3, -0.25) is 9.59 Å². The first-order valence-electron chi connectivity index (χ1n) is 9.46. The molecule has 1 unspecified atom stereocenters. The van der Waals surface area contributed by atoms with Crippen molar-refractivity contribution in [1.82, 2.24) is 15.2 Å². The fourth-order valence-electron chi connectivity index (χ4n) is 3.17. The first-order chi connectivity index (χ1) is 15.0. The van der Waals surface area contributed by atoms with Crippen molar-refractivity contribution in [3.8, 4) is 0 Å². The fraction of sp³-hybridized carbons (Fsp3) is 0.300. The minimum absolute atomic E-state index is 0.0139. The van der Waals surface area contributed by atoms with Gasteiger partial charge in [0.1, 0.15) is 11.5 Å². The minimum atomic E-state index is -4.81. The number of carboxylic acid groups (broad SMARTS) is 1. The van der Waals surface area contributed by atoms with Gasteiger partial charge in [-0.25, -0.2) is 9.78 Å². The lowest BCUT2D eigenvalue weighted by Gasteiger charge is -2.16. The van der Waals surface area contributed by atoms with Crippen LogP contribution in [0.5, 0.6) is 0 Å². The van der Waals surface area contributed by atoms with E-state index in [-0.39, 0.29) is 29.1 Å². The second kappa shape index (κ2) is 9.22.